The van der Waals surface area contributed by atoms with Crippen molar-refractivity contribution in [2.75, 3.05) is 44.2 Å². The maximum absolute atomic E-state index is 4.57. The van der Waals surface area contributed by atoms with E-state index in [0.29, 0.717) is 12.0 Å². The van der Waals surface area contributed by atoms with E-state index in [2.05, 4.69) is 76.7 Å². The molecule has 5 heteroatoms. The third-order valence-corrected chi connectivity index (χ3v) is 7.40. The Kier molecular flexibility index (Phi) is 5.97. The minimum atomic E-state index is 0.698. The van der Waals surface area contributed by atoms with Gasteiger partial charge < -0.3 is 15.1 Å². The Hall–Kier alpha value is -2.37. The summed E-state index contributed by atoms with van der Waals surface area (Å²) in [6.07, 6.45) is 7.88. The van der Waals surface area contributed by atoms with Crippen molar-refractivity contribution >= 4 is 11.2 Å². The lowest BCUT2D eigenvalue weighted by atomic mass is 9.88. The van der Waals surface area contributed by atoms with Crippen LogP contribution in [0.25, 0.3) is 16.6 Å². The summed E-state index contributed by atoms with van der Waals surface area (Å²) < 4.78 is 2.03. The van der Waals surface area contributed by atoms with Gasteiger partial charge in [-0.15, -0.1) is 0 Å². The number of piperazine rings is 1. The van der Waals surface area contributed by atoms with E-state index in [1.807, 2.05) is 10.7 Å². The van der Waals surface area contributed by atoms with Crippen LogP contribution in [0, 0.1) is 0 Å². The molecule has 1 aromatic carbocycles. The zero-order valence-corrected chi connectivity index (χ0v) is 18.9. The number of nitrogens with zero attached hydrogens (tertiary/aromatic N) is 4. The SMILES string of the molecule is CCC(C)N1CCC(c2ccc(-c3cc4c(N5CCNCC5)ccnn4c3)cc2)CC1. The molecule has 2 aliphatic heterocycles. The van der Waals surface area contributed by atoms with Gasteiger partial charge in [-0.1, -0.05) is 31.2 Å². The monoisotopic (exact) mass is 417 g/mol. The predicted octanol–water partition coefficient (Wildman–Crippen LogP) is 4.39. The van der Waals surface area contributed by atoms with Crippen molar-refractivity contribution in [1.82, 2.24) is 19.8 Å². The number of piperidine rings is 1. The largest absolute Gasteiger partial charge is 0.367 e. The fourth-order valence-electron chi connectivity index (χ4n) is 5.21. The number of rotatable bonds is 5. The molecule has 0 spiro atoms. The highest BCUT2D eigenvalue weighted by Gasteiger charge is 2.23. The first-order chi connectivity index (χ1) is 15.2. The fourth-order valence-corrected chi connectivity index (χ4v) is 5.21. The molecular formula is C26H35N5. The van der Waals surface area contributed by atoms with E-state index in [4.69, 9.17) is 0 Å². The van der Waals surface area contributed by atoms with Gasteiger partial charge in [0, 0.05) is 50.2 Å². The van der Waals surface area contributed by atoms with Crippen molar-refractivity contribution in [2.24, 2.45) is 0 Å². The van der Waals surface area contributed by atoms with Crippen molar-refractivity contribution in [2.45, 2.75) is 45.1 Å². The molecule has 4 heterocycles. The quantitative estimate of drug-likeness (QED) is 0.668. The van der Waals surface area contributed by atoms with Gasteiger partial charge in [0.15, 0.2) is 0 Å². The van der Waals surface area contributed by atoms with Gasteiger partial charge in [0.25, 0.3) is 0 Å². The van der Waals surface area contributed by atoms with Crippen LogP contribution in [0.5, 0.6) is 0 Å². The van der Waals surface area contributed by atoms with E-state index in [-0.39, 0.29) is 0 Å². The molecule has 3 aromatic rings. The number of aromatic nitrogens is 2. The summed E-state index contributed by atoms with van der Waals surface area (Å²) in [7, 11) is 0. The van der Waals surface area contributed by atoms with Gasteiger partial charge in [-0.05, 0) is 68.5 Å². The van der Waals surface area contributed by atoms with Gasteiger partial charge >= 0.3 is 0 Å². The predicted molar refractivity (Wildman–Crippen MR) is 129 cm³/mol. The molecule has 2 aliphatic rings. The Morgan fingerprint density at radius 1 is 1.00 bits per heavy atom. The molecule has 2 saturated heterocycles. The summed E-state index contributed by atoms with van der Waals surface area (Å²) in [5.41, 5.74) is 6.50. The number of nitrogens with one attached hydrogen (secondary N) is 1. The molecule has 31 heavy (non-hydrogen) atoms. The minimum Gasteiger partial charge on any atom is -0.367 e. The zero-order valence-electron chi connectivity index (χ0n) is 18.9. The Balaban J connectivity index is 1.33. The van der Waals surface area contributed by atoms with E-state index in [1.54, 1.807) is 0 Å². The van der Waals surface area contributed by atoms with Crippen LogP contribution >= 0.6 is 0 Å². The van der Waals surface area contributed by atoms with E-state index in [9.17, 15) is 0 Å². The number of anilines is 1. The molecule has 0 bridgehead atoms. The van der Waals surface area contributed by atoms with Gasteiger partial charge in [0.1, 0.15) is 0 Å². The van der Waals surface area contributed by atoms with Crippen LogP contribution in [0.3, 0.4) is 0 Å². The third-order valence-electron chi connectivity index (χ3n) is 7.40. The summed E-state index contributed by atoms with van der Waals surface area (Å²) in [6.45, 7) is 11.3. The van der Waals surface area contributed by atoms with Gasteiger partial charge in [-0.3, -0.25) is 0 Å². The smallest absolute Gasteiger partial charge is 0.0886 e. The lowest BCUT2D eigenvalue weighted by molar-refractivity contribution is 0.158. The van der Waals surface area contributed by atoms with Crippen molar-refractivity contribution < 1.29 is 0 Å². The molecule has 5 rings (SSSR count). The van der Waals surface area contributed by atoms with E-state index in [0.717, 1.165) is 26.2 Å². The second-order valence-electron chi connectivity index (χ2n) is 9.20. The average Bonchev–Trinajstić information content (AvgIpc) is 3.29. The van der Waals surface area contributed by atoms with Crippen molar-refractivity contribution in [3.05, 3.63) is 54.4 Å². The van der Waals surface area contributed by atoms with Gasteiger partial charge in [-0.2, -0.15) is 5.10 Å². The first-order valence-corrected chi connectivity index (χ1v) is 12.0. The maximum Gasteiger partial charge on any atom is 0.0886 e. The highest BCUT2D eigenvalue weighted by Crippen LogP contribution is 2.32. The van der Waals surface area contributed by atoms with E-state index >= 15 is 0 Å². The number of benzene rings is 1. The van der Waals surface area contributed by atoms with Crippen LogP contribution in [0.1, 0.15) is 44.6 Å². The molecule has 1 unspecified atom stereocenters. The molecule has 0 amide bonds. The Morgan fingerprint density at radius 3 is 2.45 bits per heavy atom. The van der Waals surface area contributed by atoms with Gasteiger partial charge in [-0.25, -0.2) is 4.52 Å². The molecule has 0 radical (unpaired) electrons. The number of likely N-dealkylation sites (tertiary alicyclic amines) is 1. The van der Waals surface area contributed by atoms with E-state index in [1.165, 1.54) is 60.2 Å². The first-order valence-electron chi connectivity index (χ1n) is 12.0. The standard InChI is InChI=1S/C26H35N5/c1-3-20(2)29-14-9-23(10-15-29)21-4-6-22(7-5-21)24-18-26-25(8-11-28-31(26)19-24)30-16-12-27-13-17-30/h4-8,11,18-20,23,27H,3,9-10,12-17H2,1-2H3. The lowest BCUT2D eigenvalue weighted by Crippen LogP contribution is -2.43. The summed E-state index contributed by atoms with van der Waals surface area (Å²) in [4.78, 5) is 5.12. The molecule has 1 atom stereocenters. The molecule has 0 saturated carbocycles. The summed E-state index contributed by atoms with van der Waals surface area (Å²) in [5.74, 6) is 0.698. The van der Waals surface area contributed by atoms with Crippen LogP contribution in [-0.2, 0) is 0 Å². The Morgan fingerprint density at radius 2 is 1.74 bits per heavy atom. The van der Waals surface area contributed by atoms with Crippen molar-refractivity contribution in [1.29, 1.82) is 0 Å². The normalized spacial score (nSPS) is 19.7. The summed E-state index contributed by atoms with van der Waals surface area (Å²) in [5, 5.41) is 8.01. The molecule has 2 fully saturated rings. The number of hydrogen-bond acceptors (Lipinski definition) is 4. The molecule has 164 valence electrons. The lowest BCUT2D eigenvalue weighted by Gasteiger charge is -2.36. The third kappa shape index (κ3) is 4.21. The average molecular weight is 418 g/mol. The van der Waals surface area contributed by atoms with Crippen LogP contribution < -0.4 is 10.2 Å². The highest BCUT2D eigenvalue weighted by molar-refractivity contribution is 5.80. The van der Waals surface area contributed by atoms with Crippen LogP contribution in [0.2, 0.25) is 0 Å². The van der Waals surface area contributed by atoms with Gasteiger partial charge in [0.2, 0.25) is 0 Å². The summed E-state index contributed by atoms with van der Waals surface area (Å²) >= 11 is 0. The molecule has 0 aliphatic carbocycles. The Bertz CT molecular complexity index is 994. The van der Waals surface area contributed by atoms with Crippen molar-refractivity contribution in [3.8, 4) is 11.1 Å². The Labute approximate surface area is 186 Å². The van der Waals surface area contributed by atoms with Crippen molar-refractivity contribution in [3.63, 3.8) is 0 Å². The second-order valence-corrected chi connectivity index (χ2v) is 9.20. The van der Waals surface area contributed by atoms with Crippen LogP contribution in [-0.4, -0.2) is 59.8 Å². The maximum atomic E-state index is 4.57. The fraction of sp³-hybridized carbons (Fsp3) is 0.500. The van der Waals surface area contributed by atoms with E-state index < -0.39 is 0 Å². The zero-order chi connectivity index (χ0) is 21.2. The van der Waals surface area contributed by atoms with Gasteiger partial charge in [0.05, 0.1) is 11.2 Å². The van der Waals surface area contributed by atoms with Crippen LogP contribution in [0.15, 0.2) is 48.8 Å². The number of hydrogen-bond donors (Lipinski definition) is 1. The first kappa shape index (κ1) is 20.5. The topological polar surface area (TPSA) is 35.8 Å². The molecule has 5 nitrogen and oxygen atoms in total. The summed E-state index contributed by atoms with van der Waals surface area (Å²) in [6, 6.07) is 14.5. The molecule has 1 N–H and O–H groups in total. The minimum absolute atomic E-state index is 0.698. The number of fused-ring (bicyclic) bond motifs is 1. The molecule has 2 aromatic heterocycles. The molecular weight excluding hydrogens is 382 g/mol. The second kappa shape index (κ2) is 9.01. The van der Waals surface area contributed by atoms with Crippen LogP contribution in [0.4, 0.5) is 5.69 Å². The highest BCUT2D eigenvalue weighted by atomic mass is 15.2.